The molecule has 3 aromatic rings. The molecule has 10 nitrogen and oxygen atoms in total. The Hall–Kier alpha value is -3.40. The number of primary amides is 1. The molecule has 4 rings (SSSR count). The summed E-state index contributed by atoms with van der Waals surface area (Å²) in [7, 11) is 1.61. The Balaban J connectivity index is 1.64. The lowest BCUT2D eigenvalue weighted by atomic mass is 10.1. The molecule has 1 saturated heterocycles. The molecule has 31 heavy (non-hydrogen) atoms. The van der Waals surface area contributed by atoms with Crippen LogP contribution in [0.1, 0.15) is 12.0 Å². The van der Waals surface area contributed by atoms with Crippen molar-refractivity contribution in [1.82, 2.24) is 24.0 Å². The third-order valence-electron chi connectivity index (χ3n) is 5.71. The van der Waals surface area contributed by atoms with Crippen molar-refractivity contribution in [3.05, 3.63) is 56.7 Å². The minimum atomic E-state index is -0.482. The van der Waals surface area contributed by atoms with Gasteiger partial charge in [-0.15, -0.1) is 0 Å². The lowest BCUT2D eigenvalue weighted by Gasteiger charge is -2.34. The summed E-state index contributed by atoms with van der Waals surface area (Å²) in [5.74, 6) is 0.330. The summed E-state index contributed by atoms with van der Waals surface area (Å²) in [6, 6.07) is 10.2. The number of aryl methyl sites for hydroxylation is 3. The maximum absolute atomic E-state index is 12.7. The molecule has 1 aromatic carbocycles. The van der Waals surface area contributed by atoms with Crippen molar-refractivity contribution in [2.24, 2.45) is 12.8 Å². The summed E-state index contributed by atoms with van der Waals surface area (Å²) in [5, 5.41) is 0. The Morgan fingerprint density at radius 3 is 2.52 bits per heavy atom. The Labute approximate surface area is 178 Å². The summed E-state index contributed by atoms with van der Waals surface area (Å²) in [4.78, 5) is 47.2. The van der Waals surface area contributed by atoms with E-state index in [1.165, 1.54) is 10.1 Å². The number of piperazine rings is 1. The first-order chi connectivity index (χ1) is 14.9. The maximum atomic E-state index is 12.7. The van der Waals surface area contributed by atoms with Gasteiger partial charge in [0.1, 0.15) is 0 Å². The molecule has 1 amide bonds. The first-order valence-corrected chi connectivity index (χ1v) is 10.4. The highest BCUT2D eigenvalue weighted by atomic mass is 16.2. The van der Waals surface area contributed by atoms with Crippen LogP contribution in [0.25, 0.3) is 11.2 Å². The zero-order chi connectivity index (χ0) is 22.0. The first-order valence-electron chi connectivity index (χ1n) is 10.4. The molecule has 3 heterocycles. The van der Waals surface area contributed by atoms with Crippen LogP contribution in [0.4, 0.5) is 5.95 Å². The molecule has 0 spiro atoms. The molecule has 0 atom stereocenters. The van der Waals surface area contributed by atoms with Crippen LogP contribution in [-0.4, -0.2) is 62.6 Å². The van der Waals surface area contributed by atoms with E-state index in [9.17, 15) is 14.4 Å². The topological polar surface area (TPSA) is 122 Å². The number of H-pyrrole nitrogens is 1. The fraction of sp³-hybridized carbons (Fsp3) is 0.429. The van der Waals surface area contributed by atoms with Gasteiger partial charge in [-0.1, -0.05) is 30.3 Å². The van der Waals surface area contributed by atoms with Gasteiger partial charge in [-0.05, 0) is 18.4 Å². The number of imidazole rings is 1. The fourth-order valence-electron chi connectivity index (χ4n) is 4.09. The number of carbonyl (C=O) groups excluding carboxylic acids is 1. The van der Waals surface area contributed by atoms with E-state index in [0.717, 1.165) is 12.8 Å². The number of nitrogens with one attached hydrogen (secondary N) is 1. The number of carbonyl (C=O) groups is 1. The van der Waals surface area contributed by atoms with Crippen LogP contribution < -0.4 is 21.9 Å². The van der Waals surface area contributed by atoms with Gasteiger partial charge in [-0.25, -0.2) is 4.79 Å². The largest absolute Gasteiger partial charge is 0.369 e. The van der Waals surface area contributed by atoms with E-state index in [-0.39, 0.29) is 12.5 Å². The zero-order valence-electron chi connectivity index (χ0n) is 17.6. The predicted molar refractivity (Wildman–Crippen MR) is 118 cm³/mol. The van der Waals surface area contributed by atoms with Crippen molar-refractivity contribution in [1.29, 1.82) is 0 Å². The molecule has 10 heteroatoms. The molecule has 2 aromatic heterocycles. The van der Waals surface area contributed by atoms with Crippen molar-refractivity contribution in [3.8, 4) is 0 Å². The van der Waals surface area contributed by atoms with Gasteiger partial charge in [-0.2, -0.15) is 4.98 Å². The van der Waals surface area contributed by atoms with E-state index in [2.05, 4.69) is 22.0 Å². The average molecular weight is 425 g/mol. The smallest absolute Gasteiger partial charge is 0.329 e. The Morgan fingerprint density at radius 2 is 1.84 bits per heavy atom. The Bertz CT molecular complexity index is 1190. The summed E-state index contributed by atoms with van der Waals surface area (Å²) >= 11 is 0. The van der Waals surface area contributed by atoms with Crippen LogP contribution in [0.5, 0.6) is 0 Å². The van der Waals surface area contributed by atoms with E-state index >= 15 is 0 Å². The quantitative estimate of drug-likeness (QED) is 0.534. The van der Waals surface area contributed by atoms with Gasteiger partial charge in [0.05, 0.1) is 6.54 Å². The van der Waals surface area contributed by atoms with E-state index in [1.807, 2.05) is 27.7 Å². The Kier molecular flexibility index (Phi) is 5.90. The predicted octanol–water partition coefficient (Wildman–Crippen LogP) is -0.337. The van der Waals surface area contributed by atoms with Crippen LogP contribution in [0.15, 0.2) is 39.9 Å². The molecule has 3 N–H and O–H groups in total. The average Bonchev–Trinajstić information content (AvgIpc) is 3.13. The van der Waals surface area contributed by atoms with Crippen LogP contribution in [-0.2, 0) is 24.8 Å². The van der Waals surface area contributed by atoms with Gasteiger partial charge in [0.15, 0.2) is 11.2 Å². The van der Waals surface area contributed by atoms with Gasteiger partial charge in [-0.3, -0.25) is 24.0 Å². The van der Waals surface area contributed by atoms with Crippen molar-refractivity contribution in [2.45, 2.75) is 19.4 Å². The molecule has 0 radical (unpaired) electrons. The lowest BCUT2D eigenvalue weighted by Crippen LogP contribution is -2.49. The molecule has 0 unspecified atom stereocenters. The lowest BCUT2D eigenvalue weighted by molar-refractivity contribution is -0.119. The van der Waals surface area contributed by atoms with Crippen molar-refractivity contribution >= 4 is 23.0 Å². The number of anilines is 1. The molecule has 1 aliphatic rings. The molecule has 164 valence electrons. The number of hydrogen-bond acceptors (Lipinski definition) is 6. The minimum absolute atomic E-state index is 0.232. The van der Waals surface area contributed by atoms with Crippen molar-refractivity contribution in [3.63, 3.8) is 0 Å². The third kappa shape index (κ3) is 4.38. The highest BCUT2D eigenvalue weighted by molar-refractivity contribution is 5.76. The van der Waals surface area contributed by atoms with E-state index in [4.69, 9.17) is 10.7 Å². The highest BCUT2D eigenvalue weighted by Gasteiger charge is 2.25. The second kappa shape index (κ2) is 8.76. The summed E-state index contributed by atoms with van der Waals surface area (Å²) < 4.78 is 3.29. The Morgan fingerprint density at radius 1 is 1.13 bits per heavy atom. The number of nitrogens with two attached hydrogens (primary N) is 1. The van der Waals surface area contributed by atoms with Gasteiger partial charge in [0.2, 0.25) is 11.9 Å². The summed E-state index contributed by atoms with van der Waals surface area (Å²) in [5.41, 5.74) is 6.42. The first kappa shape index (κ1) is 20.9. The second-order valence-corrected chi connectivity index (χ2v) is 7.87. The number of hydrogen-bond donors (Lipinski definition) is 2. The molecule has 1 aliphatic heterocycles. The van der Waals surface area contributed by atoms with Gasteiger partial charge in [0.25, 0.3) is 5.56 Å². The number of benzene rings is 1. The molecule has 0 aliphatic carbocycles. The molecule has 1 fully saturated rings. The van der Waals surface area contributed by atoms with Gasteiger partial charge < -0.3 is 15.2 Å². The van der Waals surface area contributed by atoms with Gasteiger partial charge in [0, 0.05) is 39.8 Å². The van der Waals surface area contributed by atoms with Crippen molar-refractivity contribution < 1.29 is 4.79 Å². The standard InChI is InChI=1S/C21H27N7O3/c1-25-18-17(19(30)24-21(25)31)28(9-5-8-15-6-3-2-4-7-15)20(23-18)27-12-10-26(11-13-27)14-16(22)29/h2-4,6-7H,5,8-14H2,1H3,(H2,22,29)(H,24,30,31). The number of amides is 1. The van der Waals surface area contributed by atoms with Crippen LogP contribution in [0.2, 0.25) is 0 Å². The summed E-state index contributed by atoms with van der Waals surface area (Å²) in [6.45, 7) is 3.48. The van der Waals surface area contributed by atoms with Gasteiger partial charge >= 0.3 is 5.69 Å². The number of fused-ring (bicyclic) bond motifs is 1. The number of rotatable bonds is 7. The van der Waals surface area contributed by atoms with Crippen LogP contribution >= 0.6 is 0 Å². The normalized spacial score (nSPS) is 14.9. The van der Waals surface area contributed by atoms with E-state index in [1.54, 1.807) is 7.05 Å². The summed E-state index contributed by atoms with van der Waals surface area (Å²) in [6.07, 6.45) is 1.70. The minimum Gasteiger partial charge on any atom is -0.369 e. The molecule has 0 bridgehead atoms. The monoisotopic (exact) mass is 425 g/mol. The number of aromatic nitrogens is 4. The zero-order valence-corrected chi connectivity index (χ0v) is 17.6. The third-order valence-corrected chi connectivity index (χ3v) is 5.71. The molecule has 0 saturated carbocycles. The van der Waals surface area contributed by atoms with E-state index in [0.29, 0.717) is 49.8 Å². The van der Waals surface area contributed by atoms with Crippen molar-refractivity contribution in [2.75, 3.05) is 37.6 Å². The molecular weight excluding hydrogens is 398 g/mol. The number of nitrogens with zero attached hydrogens (tertiary/aromatic N) is 5. The van der Waals surface area contributed by atoms with Crippen LogP contribution in [0.3, 0.4) is 0 Å². The molecular formula is C21H27N7O3. The number of aromatic amines is 1. The second-order valence-electron chi connectivity index (χ2n) is 7.87. The SMILES string of the molecule is Cn1c(=O)[nH]c(=O)c2c1nc(N1CCN(CC(N)=O)CC1)n2CCCc1ccccc1. The van der Waals surface area contributed by atoms with Crippen LogP contribution in [0, 0.1) is 0 Å². The fourth-order valence-corrected chi connectivity index (χ4v) is 4.09. The highest BCUT2D eigenvalue weighted by Crippen LogP contribution is 2.22. The maximum Gasteiger partial charge on any atom is 0.329 e. The van der Waals surface area contributed by atoms with E-state index < -0.39 is 11.2 Å².